The first-order valence-electron chi connectivity index (χ1n) is 8.13. The van der Waals surface area contributed by atoms with E-state index < -0.39 is 5.76 Å². The fraction of sp³-hybridized carbons (Fsp3) is 0.0556. The highest BCUT2D eigenvalue weighted by Crippen LogP contribution is 2.17. The molecule has 0 atom stereocenters. The molecule has 0 fully saturated rings. The molecule has 3 N–H and O–H groups in total. The Bertz CT molecular complexity index is 1110. The van der Waals surface area contributed by atoms with Crippen molar-refractivity contribution in [3.63, 3.8) is 0 Å². The first-order valence-corrected chi connectivity index (χ1v) is 8.13. The van der Waals surface area contributed by atoms with Crippen LogP contribution in [0.2, 0.25) is 0 Å². The summed E-state index contributed by atoms with van der Waals surface area (Å²) in [5.41, 5.74) is 7.35. The van der Waals surface area contributed by atoms with Crippen molar-refractivity contribution in [1.82, 2.24) is 24.7 Å². The standard InChI is InChI=1S/C18H15N7O2/c19-16-21-14(22-17(23-16)20-13-9-5-2-6-10-13)11-25-15(24-27-18(25)26)12-7-3-1-4-8-12/h1-10H,11H2,(H3,19,20,21,22,23). The number of hydrogen-bond donors (Lipinski definition) is 2. The second-order valence-corrected chi connectivity index (χ2v) is 5.65. The Morgan fingerprint density at radius 2 is 1.67 bits per heavy atom. The molecule has 2 aromatic carbocycles. The molecule has 9 nitrogen and oxygen atoms in total. The first kappa shape index (κ1) is 16.5. The van der Waals surface area contributed by atoms with Crippen molar-refractivity contribution in [2.24, 2.45) is 0 Å². The van der Waals surface area contributed by atoms with Crippen LogP contribution in [0.3, 0.4) is 0 Å². The van der Waals surface area contributed by atoms with Crippen LogP contribution < -0.4 is 16.8 Å². The number of nitrogens with zero attached hydrogens (tertiary/aromatic N) is 5. The minimum absolute atomic E-state index is 0.0444. The Labute approximate surface area is 153 Å². The van der Waals surface area contributed by atoms with E-state index in [1.807, 2.05) is 60.7 Å². The second-order valence-electron chi connectivity index (χ2n) is 5.65. The minimum Gasteiger partial charge on any atom is -0.368 e. The predicted octanol–water partition coefficient (Wildman–Crippen LogP) is 2.06. The van der Waals surface area contributed by atoms with E-state index in [2.05, 4.69) is 25.4 Å². The van der Waals surface area contributed by atoms with Gasteiger partial charge in [-0.3, -0.25) is 4.52 Å². The number of rotatable bonds is 5. The smallest absolute Gasteiger partial charge is 0.368 e. The lowest BCUT2D eigenvalue weighted by Gasteiger charge is -2.08. The van der Waals surface area contributed by atoms with Crippen LogP contribution in [-0.2, 0) is 6.54 Å². The van der Waals surface area contributed by atoms with Gasteiger partial charge in [-0.2, -0.15) is 15.0 Å². The van der Waals surface area contributed by atoms with Gasteiger partial charge in [0.25, 0.3) is 0 Å². The average Bonchev–Trinajstić information content (AvgIpc) is 3.03. The van der Waals surface area contributed by atoms with E-state index in [9.17, 15) is 4.79 Å². The van der Waals surface area contributed by atoms with Crippen LogP contribution >= 0.6 is 0 Å². The molecule has 0 bridgehead atoms. The Morgan fingerprint density at radius 1 is 0.963 bits per heavy atom. The van der Waals surface area contributed by atoms with Crippen molar-refractivity contribution in [3.05, 3.63) is 77.0 Å². The zero-order chi connectivity index (χ0) is 18.6. The molecule has 0 spiro atoms. The average molecular weight is 361 g/mol. The zero-order valence-corrected chi connectivity index (χ0v) is 14.1. The van der Waals surface area contributed by atoms with E-state index >= 15 is 0 Å². The molecule has 4 rings (SSSR count). The van der Waals surface area contributed by atoms with Gasteiger partial charge in [-0.15, -0.1) is 0 Å². The van der Waals surface area contributed by atoms with Crippen LogP contribution in [0.5, 0.6) is 0 Å². The van der Waals surface area contributed by atoms with Crippen molar-refractivity contribution >= 4 is 17.6 Å². The Kier molecular flexibility index (Phi) is 4.32. The Balaban J connectivity index is 1.66. The van der Waals surface area contributed by atoms with Crippen LogP contribution in [-0.4, -0.2) is 24.7 Å². The summed E-state index contributed by atoms with van der Waals surface area (Å²) in [6.07, 6.45) is 0. The van der Waals surface area contributed by atoms with Crippen LogP contribution in [0, 0.1) is 0 Å². The highest BCUT2D eigenvalue weighted by molar-refractivity contribution is 5.55. The first-order chi connectivity index (χ1) is 13.2. The second kappa shape index (κ2) is 7.08. The third kappa shape index (κ3) is 3.66. The monoisotopic (exact) mass is 361 g/mol. The molecule has 2 heterocycles. The van der Waals surface area contributed by atoms with E-state index in [0.29, 0.717) is 11.6 Å². The van der Waals surface area contributed by atoms with Gasteiger partial charge < -0.3 is 11.1 Å². The van der Waals surface area contributed by atoms with E-state index in [-0.39, 0.29) is 18.4 Å². The maximum atomic E-state index is 12.1. The molecule has 4 aromatic rings. The molecule has 27 heavy (non-hydrogen) atoms. The van der Waals surface area contributed by atoms with Gasteiger partial charge in [-0.05, 0) is 12.1 Å². The minimum atomic E-state index is -0.606. The van der Waals surface area contributed by atoms with Gasteiger partial charge in [0.15, 0.2) is 11.6 Å². The van der Waals surface area contributed by atoms with Gasteiger partial charge >= 0.3 is 5.76 Å². The van der Waals surface area contributed by atoms with Crippen molar-refractivity contribution in [1.29, 1.82) is 0 Å². The SMILES string of the molecule is Nc1nc(Cn2c(-c3ccccc3)noc2=O)nc(Nc2ccccc2)n1. The highest BCUT2D eigenvalue weighted by Gasteiger charge is 2.15. The van der Waals surface area contributed by atoms with Crippen molar-refractivity contribution in [3.8, 4) is 11.4 Å². The van der Waals surface area contributed by atoms with Crippen LogP contribution in [0.4, 0.5) is 17.6 Å². The molecular formula is C18H15N7O2. The molecule has 0 aliphatic carbocycles. The van der Waals surface area contributed by atoms with Gasteiger partial charge in [-0.25, -0.2) is 9.36 Å². The number of nitrogens with two attached hydrogens (primary N) is 1. The van der Waals surface area contributed by atoms with Crippen molar-refractivity contribution < 1.29 is 4.52 Å². The third-order valence-corrected chi connectivity index (χ3v) is 3.75. The zero-order valence-electron chi connectivity index (χ0n) is 14.1. The van der Waals surface area contributed by atoms with E-state index in [1.165, 1.54) is 4.57 Å². The van der Waals surface area contributed by atoms with Gasteiger partial charge in [-0.1, -0.05) is 53.7 Å². The van der Waals surface area contributed by atoms with E-state index in [4.69, 9.17) is 10.3 Å². The number of hydrogen-bond acceptors (Lipinski definition) is 8. The fourth-order valence-electron chi connectivity index (χ4n) is 2.56. The molecule has 0 aliphatic rings. The number of nitrogens with one attached hydrogen (secondary N) is 1. The van der Waals surface area contributed by atoms with Gasteiger partial charge in [0, 0.05) is 11.3 Å². The Hall–Kier alpha value is -4.01. The lowest BCUT2D eigenvalue weighted by atomic mass is 10.2. The van der Waals surface area contributed by atoms with E-state index in [0.717, 1.165) is 11.3 Å². The predicted molar refractivity (Wildman–Crippen MR) is 99.3 cm³/mol. The quantitative estimate of drug-likeness (QED) is 0.553. The molecule has 0 amide bonds. The molecule has 0 radical (unpaired) electrons. The third-order valence-electron chi connectivity index (χ3n) is 3.75. The summed E-state index contributed by atoms with van der Waals surface area (Å²) < 4.78 is 6.16. The molecule has 0 unspecified atom stereocenters. The normalized spacial score (nSPS) is 10.7. The number of para-hydroxylation sites is 1. The summed E-state index contributed by atoms with van der Waals surface area (Å²) in [7, 11) is 0. The summed E-state index contributed by atoms with van der Waals surface area (Å²) in [6, 6.07) is 18.7. The van der Waals surface area contributed by atoms with Gasteiger partial charge in [0.1, 0.15) is 0 Å². The highest BCUT2D eigenvalue weighted by atomic mass is 16.5. The summed E-state index contributed by atoms with van der Waals surface area (Å²) in [6.45, 7) is 0.0444. The van der Waals surface area contributed by atoms with Gasteiger partial charge in [0.2, 0.25) is 11.9 Å². The van der Waals surface area contributed by atoms with Crippen LogP contribution in [0.1, 0.15) is 5.82 Å². The summed E-state index contributed by atoms with van der Waals surface area (Å²) >= 11 is 0. The number of anilines is 3. The number of benzene rings is 2. The number of aromatic nitrogens is 5. The lowest BCUT2D eigenvalue weighted by Crippen LogP contribution is -2.19. The summed E-state index contributed by atoms with van der Waals surface area (Å²) in [5, 5.41) is 6.91. The largest absolute Gasteiger partial charge is 0.442 e. The topological polar surface area (TPSA) is 125 Å². The maximum absolute atomic E-state index is 12.1. The lowest BCUT2D eigenvalue weighted by molar-refractivity contribution is 0.377. The fourth-order valence-corrected chi connectivity index (χ4v) is 2.56. The maximum Gasteiger partial charge on any atom is 0.442 e. The number of nitrogen functional groups attached to an aromatic ring is 1. The molecule has 9 heteroatoms. The van der Waals surface area contributed by atoms with E-state index in [1.54, 1.807) is 0 Å². The van der Waals surface area contributed by atoms with Crippen LogP contribution in [0.25, 0.3) is 11.4 Å². The summed E-state index contributed by atoms with van der Waals surface area (Å²) in [4.78, 5) is 24.6. The Morgan fingerprint density at radius 3 is 2.41 bits per heavy atom. The van der Waals surface area contributed by atoms with Crippen LogP contribution in [0.15, 0.2) is 70.0 Å². The molecule has 2 aromatic heterocycles. The molecule has 134 valence electrons. The molecule has 0 saturated heterocycles. The summed E-state index contributed by atoms with van der Waals surface area (Å²) in [5.74, 6) is 0.421. The molecule has 0 aliphatic heterocycles. The molecular weight excluding hydrogens is 346 g/mol. The molecule has 0 saturated carbocycles. The van der Waals surface area contributed by atoms with Crippen molar-refractivity contribution in [2.45, 2.75) is 6.54 Å². The van der Waals surface area contributed by atoms with Crippen molar-refractivity contribution in [2.75, 3.05) is 11.1 Å². The van der Waals surface area contributed by atoms with Gasteiger partial charge in [0.05, 0.1) is 6.54 Å².